The maximum absolute atomic E-state index is 12.4. The van der Waals surface area contributed by atoms with E-state index in [-0.39, 0.29) is 16.8 Å². The molecule has 1 unspecified atom stereocenters. The lowest BCUT2D eigenvalue weighted by molar-refractivity contribution is 0.342. The summed E-state index contributed by atoms with van der Waals surface area (Å²) in [6.07, 6.45) is 2.20. The lowest BCUT2D eigenvalue weighted by Crippen LogP contribution is -2.38. The highest BCUT2D eigenvalue weighted by Crippen LogP contribution is 2.23. The Balaban J connectivity index is 3.22. The van der Waals surface area contributed by atoms with Gasteiger partial charge in [0.2, 0.25) is 10.0 Å². The van der Waals surface area contributed by atoms with Gasteiger partial charge in [0, 0.05) is 25.8 Å². The van der Waals surface area contributed by atoms with Crippen molar-refractivity contribution in [1.29, 1.82) is 0 Å². The second-order valence-electron chi connectivity index (χ2n) is 4.02. The normalized spacial score (nSPS) is 14.2. The predicted octanol–water partition coefficient (Wildman–Crippen LogP) is 0.811. The van der Waals surface area contributed by atoms with Crippen molar-refractivity contribution < 1.29 is 8.42 Å². The summed E-state index contributed by atoms with van der Waals surface area (Å²) in [6, 6.07) is -0.0513. The fourth-order valence-corrected chi connectivity index (χ4v) is 3.54. The second kappa shape index (κ2) is 5.05. The van der Waals surface area contributed by atoms with Crippen LogP contribution in [0.25, 0.3) is 0 Å². The lowest BCUT2D eigenvalue weighted by Gasteiger charge is -2.25. The third-order valence-electron chi connectivity index (χ3n) is 2.80. The van der Waals surface area contributed by atoms with Crippen molar-refractivity contribution in [2.75, 3.05) is 12.3 Å². The molecular weight excluding hydrogens is 240 g/mol. The monoisotopic (exact) mass is 260 g/mol. The molecule has 0 saturated carbocycles. The van der Waals surface area contributed by atoms with E-state index < -0.39 is 10.0 Å². The quantitative estimate of drug-likeness (QED) is 0.849. The fourth-order valence-electron chi connectivity index (χ4n) is 1.73. The molecule has 0 bridgehead atoms. The van der Waals surface area contributed by atoms with Crippen LogP contribution in [0.3, 0.4) is 0 Å². The van der Waals surface area contributed by atoms with Crippen LogP contribution in [-0.2, 0) is 17.1 Å². The van der Waals surface area contributed by atoms with E-state index in [2.05, 4.69) is 5.10 Å². The molecule has 1 rings (SSSR count). The Bertz CT molecular complexity index is 480. The first kappa shape index (κ1) is 14.0. The molecule has 0 aliphatic rings. The van der Waals surface area contributed by atoms with Crippen LogP contribution < -0.4 is 5.73 Å². The first-order chi connectivity index (χ1) is 7.84. The number of sulfonamides is 1. The summed E-state index contributed by atoms with van der Waals surface area (Å²) < 4.78 is 27.6. The van der Waals surface area contributed by atoms with Crippen molar-refractivity contribution in [3.8, 4) is 0 Å². The standard InChI is InChI=1S/C10H20N4O2S/c1-5-8(3)14(6-2)17(15,16)9-7-13(4)12-10(9)11/h7-8H,5-6H2,1-4H3,(H2,11,12). The minimum absolute atomic E-state index is 0.0502. The van der Waals surface area contributed by atoms with E-state index in [0.717, 1.165) is 6.42 Å². The molecule has 0 spiro atoms. The molecule has 0 saturated heterocycles. The number of hydrogen-bond acceptors (Lipinski definition) is 4. The van der Waals surface area contributed by atoms with Gasteiger partial charge in [-0.25, -0.2) is 8.42 Å². The van der Waals surface area contributed by atoms with Crippen LogP contribution in [0.1, 0.15) is 27.2 Å². The number of rotatable bonds is 5. The molecule has 0 radical (unpaired) electrons. The third-order valence-corrected chi connectivity index (χ3v) is 4.91. The van der Waals surface area contributed by atoms with Gasteiger partial charge in [-0.2, -0.15) is 9.40 Å². The lowest BCUT2D eigenvalue weighted by atomic mass is 10.3. The molecule has 0 aliphatic carbocycles. The van der Waals surface area contributed by atoms with Gasteiger partial charge in [0.05, 0.1) is 0 Å². The average Bonchev–Trinajstić information content (AvgIpc) is 2.58. The van der Waals surface area contributed by atoms with Gasteiger partial charge in [-0.05, 0) is 13.3 Å². The van der Waals surface area contributed by atoms with E-state index >= 15 is 0 Å². The van der Waals surface area contributed by atoms with Crippen molar-refractivity contribution in [1.82, 2.24) is 14.1 Å². The molecule has 6 nitrogen and oxygen atoms in total. The molecule has 17 heavy (non-hydrogen) atoms. The molecule has 7 heteroatoms. The highest BCUT2D eigenvalue weighted by atomic mass is 32.2. The van der Waals surface area contributed by atoms with Gasteiger partial charge in [-0.3, -0.25) is 4.68 Å². The molecule has 1 aromatic rings. The first-order valence-electron chi connectivity index (χ1n) is 5.65. The number of nitrogens with zero attached hydrogens (tertiary/aromatic N) is 3. The number of aryl methyl sites for hydroxylation is 1. The topological polar surface area (TPSA) is 81.2 Å². The summed E-state index contributed by atoms with van der Waals surface area (Å²) in [4.78, 5) is 0.0853. The summed E-state index contributed by atoms with van der Waals surface area (Å²) in [5.74, 6) is 0.0502. The highest BCUT2D eigenvalue weighted by Gasteiger charge is 2.30. The Morgan fingerprint density at radius 1 is 1.53 bits per heavy atom. The summed E-state index contributed by atoms with van der Waals surface area (Å²) >= 11 is 0. The maximum atomic E-state index is 12.4. The van der Waals surface area contributed by atoms with Crippen LogP contribution in [0.4, 0.5) is 5.82 Å². The smallest absolute Gasteiger partial charge is 0.248 e. The van der Waals surface area contributed by atoms with Crippen molar-refractivity contribution in [3.63, 3.8) is 0 Å². The Morgan fingerprint density at radius 3 is 2.47 bits per heavy atom. The van der Waals surface area contributed by atoms with Crippen molar-refractivity contribution in [3.05, 3.63) is 6.20 Å². The molecule has 98 valence electrons. The largest absolute Gasteiger partial charge is 0.381 e. The summed E-state index contributed by atoms with van der Waals surface area (Å²) in [7, 11) is -1.90. The Labute approximate surface area is 102 Å². The molecule has 0 aliphatic heterocycles. The van der Waals surface area contributed by atoms with Crippen LogP contribution >= 0.6 is 0 Å². The van der Waals surface area contributed by atoms with Gasteiger partial charge in [0.1, 0.15) is 4.90 Å². The number of anilines is 1. The molecular formula is C10H20N4O2S. The summed E-state index contributed by atoms with van der Waals surface area (Å²) in [6.45, 7) is 6.07. The number of hydrogen-bond donors (Lipinski definition) is 1. The van der Waals surface area contributed by atoms with Crippen LogP contribution in [0.15, 0.2) is 11.1 Å². The van der Waals surface area contributed by atoms with Crippen molar-refractivity contribution >= 4 is 15.8 Å². The van der Waals surface area contributed by atoms with Gasteiger partial charge in [-0.1, -0.05) is 13.8 Å². The second-order valence-corrected chi connectivity index (χ2v) is 5.88. The average molecular weight is 260 g/mol. The zero-order chi connectivity index (χ0) is 13.2. The van der Waals surface area contributed by atoms with E-state index in [0.29, 0.717) is 6.54 Å². The van der Waals surface area contributed by atoms with Crippen molar-refractivity contribution in [2.45, 2.75) is 38.1 Å². The van der Waals surface area contributed by atoms with Gasteiger partial charge >= 0.3 is 0 Å². The molecule has 1 heterocycles. The fraction of sp³-hybridized carbons (Fsp3) is 0.700. The minimum Gasteiger partial charge on any atom is -0.381 e. The zero-order valence-electron chi connectivity index (χ0n) is 10.7. The summed E-state index contributed by atoms with van der Waals surface area (Å²) in [5.41, 5.74) is 5.62. The minimum atomic E-state index is -3.55. The number of aromatic nitrogens is 2. The van der Waals surface area contributed by atoms with Gasteiger partial charge in [0.25, 0.3) is 0 Å². The molecule has 0 fully saturated rings. The van der Waals surface area contributed by atoms with E-state index in [1.54, 1.807) is 7.05 Å². The maximum Gasteiger partial charge on any atom is 0.248 e. The summed E-state index contributed by atoms with van der Waals surface area (Å²) in [5, 5.41) is 3.87. The van der Waals surface area contributed by atoms with Crippen LogP contribution in [0, 0.1) is 0 Å². The number of nitrogen functional groups attached to an aromatic ring is 1. The molecule has 2 N–H and O–H groups in total. The first-order valence-corrected chi connectivity index (χ1v) is 7.09. The van der Waals surface area contributed by atoms with Crippen LogP contribution in [0.2, 0.25) is 0 Å². The van der Waals surface area contributed by atoms with Crippen LogP contribution in [-0.4, -0.2) is 35.1 Å². The Hall–Kier alpha value is -1.08. The molecule has 1 aromatic heterocycles. The Kier molecular flexibility index (Phi) is 4.16. The third kappa shape index (κ3) is 2.61. The Morgan fingerprint density at radius 2 is 2.12 bits per heavy atom. The van der Waals surface area contributed by atoms with Gasteiger partial charge in [-0.15, -0.1) is 0 Å². The SMILES string of the molecule is CCC(C)N(CC)S(=O)(=O)c1cn(C)nc1N. The van der Waals surface area contributed by atoms with Crippen molar-refractivity contribution in [2.24, 2.45) is 7.05 Å². The predicted molar refractivity (Wildman–Crippen MR) is 66.9 cm³/mol. The van der Waals surface area contributed by atoms with E-state index in [4.69, 9.17) is 5.73 Å². The van der Waals surface area contributed by atoms with E-state index in [1.807, 2.05) is 20.8 Å². The molecule has 1 atom stereocenters. The van der Waals surface area contributed by atoms with Crippen LogP contribution in [0.5, 0.6) is 0 Å². The van der Waals surface area contributed by atoms with Gasteiger partial charge in [0.15, 0.2) is 5.82 Å². The molecule has 0 amide bonds. The van der Waals surface area contributed by atoms with E-state index in [9.17, 15) is 8.42 Å². The van der Waals surface area contributed by atoms with E-state index in [1.165, 1.54) is 15.2 Å². The number of nitrogens with two attached hydrogens (primary N) is 1. The van der Waals surface area contributed by atoms with Gasteiger partial charge < -0.3 is 5.73 Å². The molecule has 0 aromatic carbocycles. The highest BCUT2D eigenvalue weighted by molar-refractivity contribution is 7.89. The zero-order valence-corrected chi connectivity index (χ0v) is 11.5.